The number of benzene rings is 2. The van der Waals surface area contributed by atoms with Crippen LogP contribution in [0.15, 0.2) is 64.5 Å². The summed E-state index contributed by atoms with van der Waals surface area (Å²) in [4.78, 5) is 16.8. The van der Waals surface area contributed by atoms with Crippen molar-refractivity contribution in [3.63, 3.8) is 0 Å². The Morgan fingerprint density at radius 3 is 2.50 bits per heavy atom. The van der Waals surface area contributed by atoms with Gasteiger partial charge >= 0.3 is 0 Å². The Bertz CT molecular complexity index is 1020. The van der Waals surface area contributed by atoms with E-state index in [1.807, 2.05) is 0 Å². The lowest BCUT2D eigenvalue weighted by molar-refractivity contribution is 0.414. The van der Waals surface area contributed by atoms with Gasteiger partial charge < -0.3 is 4.74 Å². The zero-order chi connectivity index (χ0) is 17.2. The van der Waals surface area contributed by atoms with Crippen LogP contribution in [-0.2, 0) is 16.4 Å². The summed E-state index contributed by atoms with van der Waals surface area (Å²) in [6.45, 7) is 0.0467. The Kier molecular flexibility index (Phi) is 4.35. The van der Waals surface area contributed by atoms with Gasteiger partial charge in [0.25, 0.3) is 5.56 Å². The fraction of sp³-hybridized carbons (Fsp3) is 0.176. The molecule has 0 aliphatic rings. The van der Waals surface area contributed by atoms with Gasteiger partial charge in [-0.2, -0.15) is 0 Å². The lowest BCUT2D eigenvalue weighted by Crippen LogP contribution is -2.24. The highest BCUT2D eigenvalue weighted by molar-refractivity contribution is 7.91. The van der Waals surface area contributed by atoms with E-state index in [4.69, 9.17) is 4.74 Å². The number of hydrogen-bond donors (Lipinski definition) is 0. The van der Waals surface area contributed by atoms with Crippen molar-refractivity contribution in [2.75, 3.05) is 12.9 Å². The van der Waals surface area contributed by atoms with Gasteiger partial charge in [0.05, 0.1) is 35.0 Å². The van der Waals surface area contributed by atoms with Crippen molar-refractivity contribution in [2.24, 2.45) is 0 Å². The average Bonchev–Trinajstić information content (AvgIpc) is 2.61. The van der Waals surface area contributed by atoms with Gasteiger partial charge in [-0.05, 0) is 36.4 Å². The molecule has 0 N–H and O–H groups in total. The van der Waals surface area contributed by atoms with E-state index in [0.29, 0.717) is 16.7 Å². The van der Waals surface area contributed by atoms with Crippen molar-refractivity contribution < 1.29 is 13.2 Å². The largest absolute Gasteiger partial charge is 0.497 e. The van der Waals surface area contributed by atoms with Crippen LogP contribution in [0.3, 0.4) is 0 Å². The predicted octanol–water partition coefficient (Wildman–Crippen LogP) is 1.88. The molecule has 24 heavy (non-hydrogen) atoms. The quantitative estimate of drug-likeness (QED) is 0.706. The van der Waals surface area contributed by atoms with Crippen LogP contribution in [0, 0.1) is 0 Å². The molecular weight excluding hydrogens is 328 g/mol. The van der Waals surface area contributed by atoms with Gasteiger partial charge in [0, 0.05) is 6.54 Å². The summed E-state index contributed by atoms with van der Waals surface area (Å²) in [5, 5.41) is 0.474. The number of aromatic nitrogens is 2. The average molecular weight is 344 g/mol. The molecule has 3 aromatic rings. The molecule has 0 bridgehead atoms. The third kappa shape index (κ3) is 3.16. The Balaban J connectivity index is 1.84. The van der Waals surface area contributed by atoms with Crippen LogP contribution < -0.4 is 10.3 Å². The molecule has 0 saturated heterocycles. The van der Waals surface area contributed by atoms with Crippen LogP contribution in [0.1, 0.15) is 0 Å². The van der Waals surface area contributed by atoms with E-state index in [0.717, 1.165) is 0 Å². The van der Waals surface area contributed by atoms with Gasteiger partial charge in [-0.15, -0.1) is 0 Å². The molecule has 0 spiro atoms. The van der Waals surface area contributed by atoms with E-state index in [1.165, 1.54) is 30.1 Å². The minimum atomic E-state index is -3.50. The SMILES string of the molecule is COc1ccc(S(=O)(=O)CCn2cnc3ccccc3c2=O)cc1. The molecule has 0 aliphatic carbocycles. The summed E-state index contributed by atoms with van der Waals surface area (Å²) in [7, 11) is -1.98. The predicted molar refractivity (Wildman–Crippen MR) is 91.0 cm³/mol. The normalized spacial score (nSPS) is 11.5. The third-order valence-electron chi connectivity index (χ3n) is 3.75. The number of ether oxygens (including phenoxy) is 1. The number of aryl methyl sites for hydroxylation is 1. The summed E-state index contributed by atoms with van der Waals surface area (Å²) in [5.41, 5.74) is 0.349. The molecule has 0 fully saturated rings. The first-order chi connectivity index (χ1) is 11.5. The number of rotatable bonds is 5. The molecule has 0 saturated carbocycles. The number of hydrogen-bond acceptors (Lipinski definition) is 5. The second-order valence-corrected chi connectivity index (χ2v) is 7.36. The maximum Gasteiger partial charge on any atom is 0.261 e. The molecule has 6 nitrogen and oxygen atoms in total. The summed E-state index contributed by atoms with van der Waals surface area (Å²) >= 11 is 0. The Morgan fingerprint density at radius 1 is 1.08 bits per heavy atom. The first-order valence-corrected chi connectivity index (χ1v) is 8.97. The topological polar surface area (TPSA) is 78.3 Å². The molecule has 1 heterocycles. The number of methoxy groups -OCH3 is 1. The van der Waals surface area contributed by atoms with Crippen LogP contribution >= 0.6 is 0 Å². The van der Waals surface area contributed by atoms with Gasteiger partial charge in [0.2, 0.25) is 0 Å². The standard InChI is InChI=1S/C17H16N2O4S/c1-23-13-6-8-14(9-7-13)24(21,22)11-10-19-12-18-16-5-3-2-4-15(16)17(19)20/h2-9,12H,10-11H2,1H3. The second-order valence-electron chi connectivity index (χ2n) is 5.25. The third-order valence-corrected chi connectivity index (χ3v) is 5.46. The molecule has 7 heteroatoms. The van der Waals surface area contributed by atoms with E-state index in [9.17, 15) is 13.2 Å². The molecule has 0 radical (unpaired) electrons. The Hall–Kier alpha value is -2.67. The van der Waals surface area contributed by atoms with E-state index in [2.05, 4.69) is 4.98 Å². The van der Waals surface area contributed by atoms with Gasteiger partial charge in [-0.3, -0.25) is 9.36 Å². The van der Waals surface area contributed by atoms with Gasteiger partial charge in [-0.25, -0.2) is 13.4 Å². The maximum absolute atomic E-state index is 12.4. The van der Waals surface area contributed by atoms with Crippen LogP contribution in [0.25, 0.3) is 10.9 Å². The molecule has 0 aliphatic heterocycles. The first kappa shape index (κ1) is 16.2. The molecule has 0 amide bonds. The van der Waals surface area contributed by atoms with E-state index < -0.39 is 9.84 Å². The minimum absolute atomic E-state index is 0.0467. The van der Waals surface area contributed by atoms with Crippen LogP contribution in [-0.4, -0.2) is 30.8 Å². The number of sulfone groups is 1. The summed E-state index contributed by atoms with van der Waals surface area (Å²) in [6.07, 6.45) is 1.38. The first-order valence-electron chi connectivity index (χ1n) is 7.32. The fourth-order valence-electron chi connectivity index (χ4n) is 2.38. The summed E-state index contributed by atoms with van der Waals surface area (Å²) in [6, 6.07) is 13.2. The van der Waals surface area contributed by atoms with Crippen molar-refractivity contribution in [1.29, 1.82) is 0 Å². The molecule has 124 valence electrons. The molecule has 1 aromatic heterocycles. The Morgan fingerprint density at radius 2 is 1.79 bits per heavy atom. The zero-order valence-corrected chi connectivity index (χ0v) is 13.9. The van der Waals surface area contributed by atoms with Gasteiger partial charge in [0.1, 0.15) is 5.75 Å². The van der Waals surface area contributed by atoms with Gasteiger partial charge in [0.15, 0.2) is 9.84 Å². The van der Waals surface area contributed by atoms with E-state index in [-0.39, 0.29) is 22.8 Å². The number of nitrogens with zero attached hydrogens (tertiary/aromatic N) is 2. The minimum Gasteiger partial charge on any atom is -0.497 e. The fourth-order valence-corrected chi connectivity index (χ4v) is 3.61. The van der Waals surface area contributed by atoms with Crippen molar-refractivity contribution in [3.05, 3.63) is 65.2 Å². The summed E-state index contributed by atoms with van der Waals surface area (Å²) in [5.74, 6) is 0.406. The smallest absolute Gasteiger partial charge is 0.261 e. The molecule has 0 atom stereocenters. The highest BCUT2D eigenvalue weighted by atomic mass is 32.2. The lowest BCUT2D eigenvalue weighted by Gasteiger charge is -2.08. The number of fused-ring (bicyclic) bond motifs is 1. The number of para-hydroxylation sites is 1. The van der Waals surface area contributed by atoms with Crippen molar-refractivity contribution in [3.8, 4) is 5.75 Å². The highest BCUT2D eigenvalue weighted by Gasteiger charge is 2.15. The van der Waals surface area contributed by atoms with Gasteiger partial charge in [-0.1, -0.05) is 12.1 Å². The maximum atomic E-state index is 12.4. The molecule has 2 aromatic carbocycles. The van der Waals surface area contributed by atoms with E-state index >= 15 is 0 Å². The summed E-state index contributed by atoms with van der Waals surface area (Å²) < 4.78 is 31.1. The molecule has 0 unspecified atom stereocenters. The van der Waals surface area contributed by atoms with Crippen molar-refractivity contribution in [1.82, 2.24) is 9.55 Å². The monoisotopic (exact) mass is 344 g/mol. The van der Waals surface area contributed by atoms with E-state index in [1.54, 1.807) is 36.4 Å². The lowest BCUT2D eigenvalue weighted by atomic mass is 10.2. The van der Waals surface area contributed by atoms with Crippen LogP contribution in [0.5, 0.6) is 5.75 Å². The van der Waals surface area contributed by atoms with Crippen LogP contribution in [0.2, 0.25) is 0 Å². The Labute approximate surface area is 139 Å². The second kappa shape index (κ2) is 6.45. The zero-order valence-electron chi connectivity index (χ0n) is 13.0. The highest BCUT2D eigenvalue weighted by Crippen LogP contribution is 2.17. The van der Waals surface area contributed by atoms with Crippen molar-refractivity contribution >= 4 is 20.7 Å². The van der Waals surface area contributed by atoms with Crippen molar-refractivity contribution in [2.45, 2.75) is 11.4 Å². The van der Waals surface area contributed by atoms with Crippen LogP contribution in [0.4, 0.5) is 0 Å². The molecular formula is C17H16N2O4S. The molecule has 3 rings (SSSR count).